The van der Waals surface area contributed by atoms with E-state index >= 15 is 0 Å². The fourth-order valence-electron chi connectivity index (χ4n) is 0.794. The van der Waals surface area contributed by atoms with Gasteiger partial charge in [0.15, 0.2) is 0 Å². The zero-order valence-electron chi connectivity index (χ0n) is 8.16. The summed E-state index contributed by atoms with van der Waals surface area (Å²) in [5, 5.41) is 13.4. The van der Waals surface area contributed by atoms with E-state index in [1.54, 1.807) is 6.92 Å². The Morgan fingerprint density at radius 1 is 1.36 bits per heavy atom. The predicted molar refractivity (Wildman–Crippen MR) is 48.1 cm³/mol. The molecule has 0 unspecified atom stereocenters. The van der Waals surface area contributed by atoms with Crippen molar-refractivity contribution < 1.29 is 19.5 Å². The molecule has 0 aliphatic rings. The highest BCUT2D eigenvalue weighted by atomic mass is 16.3. The third kappa shape index (κ3) is 5.26. The van der Waals surface area contributed by atoms with Crippen molar-refractivity contribution in [3.05, 3.63) is 0 Å². The normalized spacial score (nSPS) is 11.6. The molecule has 0 bridgehead atoms. The average molecular weight is 202 g/mol. The van der Waals surface area contributed by atoms with Gasteiger partial charge in [-0.3, -0.25) is 19.7 Å². The zero-order valence-corrected chi connectivity index (χ0v) is 8.16. The number of hydrogen-bond donors (Lipinski definition) is 3. The summed E-state index contributed by atoms with van der Waals surface area (Å²) in [6.45, 7) is 3.30. The molecule has 0 rings (SSSR count). The number of rotatable bonds is 4. The maximum absolute atomic E-state index is 10.9. The van der Waals surface area contributed by atoms with E-state index in [2.05, 4.69) is 5.32 Å². The standard InChI is InChI=1S/C8H14N2O4/c1-3-9-7(13)4-6(12)8(14)10-5(2)11/h6,12H,3-4H2,1-2H3,(H,9,13)(H,10,11,14)/t6-/m1/s1. The fourth-order valence-corrected chi connectivity index (χ4v) is 0.794. The molecule has 0 aliphatic heterocycles. The Balaban J connectivity index is 3.94. The minimum Gasteiger partial charge on any atom is -0.383 e. The van der Waals surface area contributed by atoms with Gasteiger partial charge in [-0.25, -0.2) is 0 Å². The first-order valence-corrected chi connectivity index (χ1v) is 4.23. The molecule has 6 heteroatoms. The number of aliphatic hydroxyl groups is 1. The van der Waals surface area contributed by atoms with Crippen LogP contribution < -0.4 is 10.6 Å². The Bertz CT molecular complexity index is 239. The molecule has 0 saturated heterocycles. The zero-order chi connectivity index (χ0) is 11.1. The van der Waals surface area contributed by atoms with Crippen LogP contribution in [0.15, 0.2) is 0 Å². The number of imide groups is 1. The van der Waals surface area contributed by atoms with Gasteiger partial charge in [-0.2, -0.15) is 0 Å². The Morgan fingerprint density at radius 2 is 1.93 bits per heavy atom. The van der Waals surface area contributed by atoms with Crippen molar-refractivity contribution in [3.63, 3.8) is 0 Å². The van der Waals surface area contributed by atoms with Gasteiger partial charge >= 0.3 is 0 Å². The molecule has 3 N–H and O–H groups in total. The van der Waals surface area contributed by atoms with E-state index in [-0.39, 0.29) is 6.42 Å². The summed E-state index contributed by atoms with van der Waals surface area (Å²) in [5.74, 6) is -1.85. The molecule has 6 nitrogen and oxygen atoms in total. The monoisotopic (exact) mass is 202 g/mol. The first-order chi connectivity index (χ1) is 6.47. The number of nitrogens with one attached hydrogen (secondary N) is 2. The van der Waals surface area contributed by atoms with E-state index in [1.165, 1.54) is 0 Å². The van der Waals surface area contributed by atoms with Crippen molar-refractivity contribution in [2.24, 2.45) is 0 Å². The molecule has 0 aromatic rings. The van der Waals surface area contributed by atoms with E-state index in [0.717, 1.165) is 6.92 Å². The Labute approximate surface area is 81.7 Å². The summed E-state index contributed by atoms with van der Waals surface area (Å²) < 4.78 is 0. The highest BCUT2D eigenvalue weighted by Crippen LogP contribution is 1.91. The Kier molecular flexibility index (Phi) is 5.47. The highest BCUT2D eigenvalue weighted by molar-refractivity contribution is 5.97. The first kappa shape index (κ1) is 12.6. The maximum atomic E-state index is 10.9. The molecule has 0 heterocycles. The second kappa shape index (κ2) is 6.09. The molecule has 0 fully saturated rings. The maximum Gasteiger partial charge on any atom is 0.255 e. The lowest BCUT2D eigenvalue weighted by Gasteiger charge is -2.08. The third-order valence-electron chi connectivity index (χ3n) is 1.35. The van der Waals surface area contributed by atoms with Crippen LogP contribution in [0.5, 0.6) is 0 Å². The molecule has 0 radical (unpaired) electrons. The number of amides is 3. The van der Waals surface area contributed by atoms with E-state index in [1.807, 2.05) is 5.32 Å². The van der Waals surface area contributed by atoms with Crippen LogP contribution in [-0.2, 0) is 14.4 Å². The van der Waals surface area contributed by atoms with Gasteiger partial charge in [-0.1, -0.05) is 0 Å². The van der Waals surface area contributed by atoms with Crippen molar-refractivity contribution in [2.75, 3.05) is 6.54 Å². The van der Waals surface area contributed by atoms with Crippen LogP contribution in [0, 0.1) is 0 Å². The fraction of sp³-hybridized carbons (Fsp3) is 0.625. The lowest BCUT2D eigenvalue weighted by atomic mass is 10.2. The van der Waals surface area contributed by atoms with Crippen molar-refractivity contribution in [2.45, 2.75) is 26.4 Å². The van der Waals surface area contributed by atoms with Gasteiger partial charge in [0.05, 0.1) is 6.42 Å². The van der Waals surface area contributed by atoms with Crippen LogP contribution in [0.3, 0.4) is 0 Å². The van der Waals surface area contributed by atoms with Gasteiger partial charge in [0.2, 0.25) is 11.8 Å². The lowest BCUT2D eigenvalue weighted by Crippen LogP contribution is -2.40. The number of carbonyl (C=O) groups excluding carboxylic acids is 3. The summed E-state index contributed by atoms with van der Waals surface area (Å²) in [7, 11) is 0. The predicted octanol–water partition coefficient (Wildman–Crippen LogP) is -1.46. The lowest BCUT2D eigenvalue weighted by molar-refractivity contribution is -0.138. The molecular formula is C8H14N2O4. The molecule has 1 atom stereocenters. The van der Waals surface area contributed by atoms with Crippen LogP contribution >= 0.6 is 0 Å². The van der Waals surface area contributed by atoms with Gasteiger partial charge in [-0.05, 0) is 6.92 Å². The van der Waals surface area contributed by atoms with Gasteiger partial charge in [0.1, 0.15) is 6.10 Å². The third-order valence-corrected chi connectivity index (χ3v) is 1.35. The molecule has 0 aromatic heterocycles. The topological polar surface area (TPSA) is 95.5 Å². The smallest absolute Gasteiger partial charge is 0.255 e. The van der Waals surface area contributed by atoms with E-state index in [0.29, 0.717) is 6.54 Å². The van der Waals surface area contributed by atoms with Gasteiger partial charge < -0.3 is 10.4 Å². The van der Waals surface area contributed by atoms with Crippen LogP contribution in [-0.4, -0.2) is 35.5 Å². The number of carbonyl (C=O) groups is 3. The average Bonchev–Trinajstić information content (AvgIpc) is 2.02. The van der Waals surface area contributed by atoms with Crippen molar-refractivity contribution in [1.29, 1.82) is 0 Å². The van der Waals surface area contributed by atoms with E-state index in [4.69, 9.17) is 5.11 Å². The summed E-state index contributed by atoms with van der Waals surface area (Å²) in [6, 6.07) is 0. The van der Waals surface area contributed by atoms with Gasteiger partial charge in [0.25, 0.3) is 5.91 Å². The Hall–Kier alpha value is -1.43. The molecule has 0 spiro atoms. The highest BCUT2D eigenvalue weighted by Gasteiger charge is 2.19. The number of aliphatic hydroxyl groups excluding tert-OH is 1. The molecule has 0 aromatic carbocycles. The molecule has 3 amide bonds. The minimum atomic E-state index is -1.48. The van der Waals surface area contributed by atoms with Crippen LogP contribution in [0.1, 0.15) is 20.3 Å². The molecule has 0 aliphatic carbocycles. The second-order valence-electron chi connectivity index (χ2n) is 2.72. The van der Waals surface area contributed by atoms with E-state index in [9.17, 15) is 14.4 Å². The summed E-state index contributed by atoms with van der Waals surface area (Å²) in [6.07, 6.45) is -1.82. The quantitative estimate of drug-likeness (QED) is 0.519. The minimum absolute atomic E-state index is 0.340. The summed E-state index contributed by atoms with van der Waals surface area (Å²) >= 11 is 0. The van der Waals surface area contributed by atoms with Gasteiger partial charge in [0, 0.05) is 13.5 Å². The van der Waals surface area contributed by atoms with E-state index < -0.39 is 23.8 Å². The van der Waals surface area contributed by atoms with Crippen LogP contribution in [0.4, 0.5) is 0 Å². The van der Waals surface area contributed by atoms with Crippen LogP contribution in [0.25, 0.3) is 0 Å². The van der Waals surface area contributed by atoms with Crippen LogP contribution in [0.2, 0.25) is 0 Å². The van der Waals surface area contributed by atoms with Crippen molar-refractivity contribution in [1.82, 2.24) is 10.6 Å². The van der Waals surface area contributed by atoms with Crippen molar-refractivity contribution >= 4 is 17.7 Å². The first-order valence-electron chi connectivity index (χ1n) is 4.23. The van der Waals surface area contributed by atoms with Crippen molar-refractivity contribution in [3.8, 4) is 0 Å². The summed E-state index contributed by atoms with van der Waals surface area (Å²) in [4.78, 5) is 32.3. The Morgan fingerprint density at radius 3 is 2.36 bits per heavy atom. The van der Waals surface area contributed by atoms with Gasteiger partial charge in [-0.15, -0.1) is 0 Å². The molecular weight excluding hydrogens is 188 g/mol. The molecule has 80 valence electrons. The summed E-state index contributed by atoms with van der Waals surface area (Å²) in [5.41, 5.74) is 0. The number of hydrogen-bond acceptors (Lipinski definition) is 4. The molecule has 0 saturated carbocycles. The second-order valence-corrected chi connectivity index (χ2v) is 2.72. The molecule has 14 heavy (non-hydrogen) atoms. The SMILES string of the molecule is CCNC(=O)C[C@@H](O)C(=O)NC(C)=O. The largest absolute Gasteiger partial charge is 0.383 e.